The standard InChI is InChI=1S/C13H20Cl2N2O3S/c1-16-9-10-7-13(12(15)8-11(10)14)21(18,19)17-5-3-4-6-20-2/h7-8,16-17H,3-6,9H2,1-2H3. The van der Waals surface area contributed by atoms with E-state index in [9.17, 15) is 8.42 Å². The third-order valence-corrected chi connectivity index (χ3v) is 5.10. The van der Waals surface area contributed by atoms with Crippen LogP contribution in [0.1, 0.15) is 18.4 Å². The van der Waals surface area contributed by atoms with Crippen LogP contribution in [0, 0.1) is 0 Å². The van der Waals surface area contributed by atoms with E-state index >= 15 is 0 Å². The van der Waals surface area contributed by atoms with Crippen molar-refractivity contribution in [3.63, 3.8) is 0 Å². The summed E-state index contributed by atoms with van der Waals surface area (Å²) < 4.78 is 32.0. The summed E-state index contributed by atoms with van der Waals surface area (Å²) in [7, 11) is -0.276. The van der Waals surface area contributed by atoms with Crippen molar-refractivity contribution in [2.75, 3.05) is 27.3 Å². The van der Waals surface area contributed by atoms with Crippen LogP contribution in [0.3, 0.4) is 0 Å². The van der Waals surface area contributed by atoms with E-state index in [1.807, 2.05) is 0 Å². The van der Waals surface area contributed by atoms with Crippen LogP contribution in [-0.2, 0) is 21.3 Å². The van der Waals surface area contributed by atoms with Gasteiger partial charge in [0.1, 0.15) is 4.90 Å². The Kier molecular flexibility index (Phi) is 7.94. The summed E-state index contributed by atoms with van der Waals surface area (Å²) in [5.74, 6) is 0. The zero-order valence-electron chi connectivity index (χ0n) is 12.1. The van der Waals surface area contributed by atoms with E-state index < -0.39 is 10.0 Å². The van der Waals surface area contributed by atoms with E-state index in [4.69, 9.17) is 27.9 Å². The Hall–Kier alpha value is -0.370. The van der Waals surface area contributed by atoms with Gasteiger partial charge in [0.05, 0.1) is 5.02 Å². The molecule has 0 heterocycles. The molecule has 0 saturated carbocycles. The first kappa shape index (κ1) is 18.7. The zero-order chi connectivity index (χ0) is 15.9. The van der Waals surface area contributed by atoms with Crippen LogP contribution in [0.15, 0.2) is 17.0 Å². The monoisotopic (exact) mass is 354 g/mol. The first-order valence-corrected chi connectivity index (χ1v) is 8.77. The summed E-state index contributed by atoms with van der Waals surface area (Å²) in [5, 5.41) is 3.49. The van der Waals surface area contributed by atoms with Crippen molar-refractivity contribution in [1.29, 1.82) is 0 Å². The number of sulfonamides is 1. The van der Waals surface area contributed by atoms with Gasteiger partial charge in [-0.2, -0.15) is 0 Å². The molecule has 120 valence electrons. The average Bonchev–Trinajstić information content (AvgIpc) is 2.41. The van der Waals surface area contributed by atoms with Gasteiger partial charge in [0, 0.05) is 31.8 Å². The molecule has 0 aliphatic heterocycles. The molecule has 0 bridgehead atoms. The van der Waals surface area contributed by atoms with Gasteiger partial charge >= 0.3 is 0 Å². The molecular formula is C13H20Cl2N2O3S. The number of benzene rings is 1. The zero-order valence-corrected chi connectivity index (χ0v) is 14.4. The van der Waals surface area contributed by atoms with E-state index in [0.29, 0.717) is 36.7 Å². The number of rotatable bonds is 9. The molecule has 0 aromatic heterocycles. The number of halogens is 2. The normalized spacial score (nSPS) is 11.8. The van der Waals surface area contributed by atoms with Crippen molar-refractivity contribution in [1.82, 2.24) is 10.0 Å². The Morgan fingerprint density at radius 1 is 1.19 bits per heavy atom. The number of hydrogen-bond donors (Lipinski definition) is 2. The average molecular weight is 355 g/mol. The van der Waals surface area contributed by atoms with Gasteiger partial charge in [0.25, 0.3) is 0 Å². The van der Waals surface area contributed by atoms with Gasteiger partial charge in [0.2, 0.25) is 10.0 Å². The second-order valence-electron chi connectivity index (χ2n) is 4.50. The van der Waals surface area contributed by atoms with Crippen LogP contribution < -0.4 is 10.0 Å². The molecule has 0 saturated heterocycles. The number of methoxy groups -OCH3 is 1. The lowest BCUT2D eigenvalue weighted by Gasteiger charge is -2.11. The second-order valence-corrected chi connectivity index (χ2v) is 7.05. The van der Waals surface area contributed by atoms with E-state index in [1.54, 1.807) is 14.2 Å². The van der Waals surface area contributed by atoms with Gasteiger partial charge < -0.3 is 10.1 Å². The van der Waals surface area contributed by atoms with E-state index in [2.05, 4.69) is 10.0 Å². The Bertz CT molecular complexity index is 565. The molecule has 0 fully saturated rings. The highest BCUT2D eigenvalue weighted by molar-refractivity contribution is 7.89. The summed E-state index contributed by atoms with van der Waals surface area (Å²) in [5.41, 5.74) is 0.684. The minimum atomic E-state index is -3.64. The lowest BCUT2D eigenvalue weighted by molar-refractivity contribution is 0.193. The van der Waals surface area contributed by atoms with Crippen LogP contribution in [-0.4, -0.2) is 35.7 Å². The van der Waals surface area contributed by atoms with Gasteiger partial charge in [-0.1, -0.05) is 23.2 Å². The fourth-order valence-electron chi connectivity index (χ4n) is 1.76. The van der Waals surface area contributed by atoms with E-state index in [1.165, 1.54) is 12.1 Å². The molecule has 1 aromatic carbocycles. The maximum absolute atomic E-state index is 12.3. The lowest BCUT2D eigenvalue weighted by Crippen LogP contribution is -2.25. The van der Waals surface area contributed by atoms with E-state index in [-0.39, 0.29) is 9.92 Å². The predicted molar refractivity (Wildman–Crippen MR) is 85.5 cm³/mol. The minimum Gasteiger partial charge on any atom is -0.385 e. The maximum Gasteiger partial charge on any atom is 0.242 e. The summed E-state index contributed by atoms with van der Waals surface area (Å²) in [6.45, 7) is 1.41. The molecule has 0 atom stereocenters. The first-order chi connectivity index (χ1) is 9.92. The van der Waals surface area contributed by atoms with Gasteiger partial charge in [-0.15, -0.1) is 0 Å². The van der Waals surface area contributed by atoms with Crippen molar-refractivity contribution in [3.8, 4) is 0 Å². The quantitative estimate of drug-likeness (QED) is 0.668. The molecular weight excluding hydrogens is 335 g/mol. The van der Waals surface area contributed by atoms with Crippen molar-refractivity contribution >= 4 is 33.2 Å². The number of hydrogen-bond acceptors (Lipinski definition) is 4. The van der Waals surface area contributed by atoms with Crippen LogP contribution >= 0.6 is 23.2 Å². The molecule has 2 N–H and O–H groups in total. The molecule has 0 spiro atoms. The Morgan fingerprint density at radius 2 is 1.90 bits per heavy atom. The summed E-state index contributed by atoms with van der Waals surface area (Å²) in [4.78, 5) is 0.0468. The SMILES string of the molecule is CNCc1cc(S(=O)(=O)NCCCCOC)c(Cl)cc1Cl. The molecule has 1 aromatic rings. The maximum atomic E-state index is 12.3. The third-order valence-electron chi connectivity index (χ3n) is 2.82. The molecule has 0 radical (unpaired) electrons. The summed E-state index contributed by atoms with van der Waals surface area (Å²) >= 11 is 12.0. The third kappa shape index (κ3) is 5.73. The first-order valence-electron chi connectivity index (χ1n) is 6.53. The summed E-state index contributed by atoms with van der Waals surface area (Å²) in [6, 6.07) is 2.95. The molecule has 1 rings (SSSR count). The largest absolute Gasteiger partial charge is 0.385 e. The van der Waals surface area contributed by atoms with Crippen molar-refractivity contribution in [2.24, 2.45) is 0 Å². The van der Waals surface area contributed by atoms with Gasteiger partial charge in [-0.05, 0) is 37.6 Å². The van der Waals surface area contributed by atoms with Crippen LogP contribution in [0.2, 0.25) is 10.0 Å². The Balaban J connectivity index is 2.84. The molecule has 5 nitrogen and oxygen atoms in total. The minimum absolute atomic E-state index is 0.0468. The lowest BCUT2D eigenvalue weighted by atomic mass is 10.2. The number of unbranched alkanes of at least 4 members (excludes halogenated alkanes) is 1. The molecule has 21 heavy (non-hydrogen) atoms. The molecule has 8 heteroatoms. The van der Waals surface area contributed by atoms with Crippen LogP contribution in [0.25, 0.3) is 0 Å². The van der Waals surface area contributed by atoms with E-state index in [0.717, 1.165) is 6.42 Å². The molecule has 0 amide bonds. The predicted octanol–water partition coefficient (Wildman–Crippen LogP) is 2.42. The number of nitrogens with one attached hydrogen (secondary N) is 2. The highest BCUT2D eigenvalue weighted by Gasteiger charge is 2.19. The highest BCUT2D eigenvalue weighted by Crippen LogP contribution is 2.28. The second kappa shape index (κ2) is 8.92. The molecule has 0 aliphatic rings. The fraction of sp³-hybridized carbons (Fsp3) is 0.538. The van der Waals surface area contributed by atoms with Gasteiger partial charge in [-0.3, -0.25) is 0 Å². The Labute approximate surface area is 136 Å². The van der Waals surface area contributed by atoms with Gasteiger partial charge in [0.15, 0.2) is 0 Å². The molecule has 0 unspecified atom stereocenters. The van der Waals surface area contributed by atoms with Crippen LogP contribution in [0.5, 0.6) is 0 Å². The van der Waals surface area contributed by atoms with Crippen molar-refractivity contribution < 1.29 is 13.2 Å². The van der Waals surface area contributed by atoms with Crippen molar-refractivity contribution in [2.45, 2.75) is 24.3 Å². The highest BCUT2D eigenvalue weighted by atomic mass is 35.5. The van der Waals surface area contributed by atoms with Crippen molar-refractivity contribution in [3.05, 3.63) is 27.7 Å². The van der Waals surface area contributed by atoms with Gasteiger partial charge in [-0.25, -0.2) is 13.1 Å². The Morgan fingerprint density at radius 3 is 2.52 bits per heavy atom. The summed E-state index contributed by atoms with van der Waals surface area (Å²) in [6.07, 6.45) is 1.49. The smallest absolute Gasteiger partial charge is 0.242 e. The number of ether oxygens (including phenoxy) is 1. The fourth-order valence-corrected chi connectivity index (χ4v) is 3.70. The van der Waals surface area contributed by atoms with Crippen LogP contribution in [0.4, 0.5) is 0 Å². The topological polar surface area (TPSA) is 67.4 Å². The molecule has 0 aliphatic carbocycles.